The van der Waals surface area contributed by atoms with Gasteiger partial charge in [0, 0.05) is 30.5 Å². The summed E-state index contributed by atoms with van der Waals surface area (Å²) in [7, 11) is 0. The molecule has 0 aliphatic heterocycles. The first-order valence-electron chi connectivity index (χ1n) is 8.82. The predicted molar refractivity (Wildman–Crippen MR) is 106 cm³/mol. The third-order valence-electron chi connectivity index (χ3n) is 3.83. The smallest absolute Gasteiger partial charge is 0.287 e. The Kier molecular flexibility index (Phi) is 5.39. The molecule has 3 rings (SSSR count). The van der Waals surface area contributed by atoms with Crippen molar-refractivity contribution < 1.29 is 14.4 Å². The number of hydrogen-bond acceptors (Lipinski definition) is 4. The normalized spacial score (nSPS) is 10.7. The van der Waals surface area contributed by atoms with Gasteiger partial charge in [-0.05, 0) is 44.2 Å². The number of fused-ring (bicyclic) bond motifs is 1. The zero-order valence-electron chi connectivity index (χ0n) is 15.8. The van der Waals surface area contributed by atoms with E-state index in [-0.39, 0.29) is 29.4 Å². The van der Waals surface area contributed by atoms with Crippen LogP contribution in [0.15, 0.2) is 48.7 Å². The van der Waals surface area contributed by atoms with E-state index in [1.54, 1.807) is 53.1 Å². The van der Waals surface area contributed by atoms with E-state index in [4.69, 9.17) is 0 Å². The highest BCUT2D eigenvalue weighted by atomic mass is 16.2. The van der Waals surface area contributed by atoms with Crippen LogP contribution in [0.3, 0.4) is 0 Å². The van der Waals surface area contributed by atoms with Crippen LogP contribution in [0.4, 0.5) is 11.4 Å². The Morgan fingerprint density at radius 1 is 0.964 bits per heavy atom. The van der Waals surface area contributed by atoms with Crippen molar-refractivity contribution in [3.63, 3.8) is 0 Å². The number of hydrogen-bond donors (Lipinski definition) is 3. The number of nitrogens with zero attached hydrogens (tertiary/aromatic N) is 2. The van der Waals surface area contributed by atoms with Crippen LogP contribution in [0.1, 0.15) is 41.9 Å². The maximum atomic E-state index is 12.8. The number of aromatic nitrogens is 2. The van der Waals surface area contributed by atoms with Gasteiger partial charge in [0.2, 0.25) is 11.7 Å². The molecular formula is C20H21N5O3. The standard InChI is InChI=1S/C20H21N5O3/c1-12(2)21-20(28)18-24-17(16-9-4-5-10-25(16)18)19(27)23-15-8-6-7-14(11-15)22-13(3)26/h4-12H,1-3H3,(H,21,28)(H,22,26)(H,23,27). The van der Waals surface area contributed by atoms with Gasteiger partial charge >= 0.3 is 0 Å². The molecule has 144 valence electrons. The topological polar surface area (TPSA) is 105 Å². The first-order chi connectivity index (χ1) is 13.3. The van der Waals surface area contributed by atoms with Gasteiger partial charge in [-0.3, -0.25) is 18.8 Å². The summed E-state index contributed by atoms with van der Waals surface area (Å²) < 4.78 is 1.58. The highest BCUT2D eigenvalue weighted by Gasteiger charge is 2.22. The Hall–Kier alpha value is -3.68. The Bertz CT molecular complexity index is 1050. The summed E-state index contributed by atoms with van der Waals surface area (Å²) in [4.78, 5) is 40.7. The third-order valence-corrected chi connectivity index (χ3v) is 3.83. The second-order valence-electron chi connectivity index (χ2n) is 6.58. The average molecular weight is 379 g/mol. The number of benzene rings is 1. The van der Waals surface area contributed by atoms with E-state index in [0.29, 0.717) is 16.9 Å². The van der Waals surface area contributed by atoms with Crippen molar-refractivity contribution in [3.05, 3.63) is 60.2 Å². The molecule has 2 heterocycles. The van der Waals surface area contributed by atoms with Crippen molar-refractivity contribution in [2.24, 2.45) is 0 Å². The minimum absolute atomic E-state index is 0.0580. The number of pyridine rings is 1. The first-order valence-corrected chi connectivity index (χ1v) is 8.82. The lowest BCUT2D eigenvalue weighted by Crippen LogP contribution is -2.31. The summed E-state index contributed by atoms with van der Waals surface area (Å²) in [6.45, 7) is 5.11. The maximum absolute atomic E-state index is 12.8. The highest BCUT2D eigenvalue weighted by molar-refractivity contribution is 6.09. The molecule has 3 amide bonds. The summed E-state index contributed by atoms with van der Waals surface area (Å²) in [5, 5.41) is 8.21. The minimum Gasteiger partial charge on any atom is -0.347 e. The van der Waals surface area contributed by atoms with Crippen molar-refractivity contribution >= 4 is 34.6 Å². The zero-order valence-corrected chi connectivity index (χ0v) is 15.8. The molecule has 8 nitrogen and oxygen atoms in total. The van der Waals surface area contributed by atoms with Gasteiger partial charge in [-0.15, -0.1) is 0 Å². The van der Waals surface area contributed by atoms with Crippen LogP contribution in [-0.4, -0.2) is 33.1 Å². The second-order valence-corrected chi connectivity index (χ2v) is 6.58. The van der Waals surface area contributed by atoms with Gasteiger partial charge in [0.25, 0.3) is 11.8 Å². The molecular weight excluding hydrogens is 358 g/mol. The molecule has 0 aliphatic rings. The van der Waals surface area contributed by atoms with Gasteiger partial charge in [0.05, 0.1) is 5.52 Å². The second kappa shape index (κ2) is 7.91. The number of nitrogens with one attached hydrogen (secondary N) is 3. The van der Waals surface area contributed by atoms with Crippen molar-refractivity contribution in [2.45, 2.75) is 26.8 Å². The van der Waals surface area contributed by atoms with Crippen molar-refractivity contribution in [1.29, 1.82) is 0 Å². The van der Waals surface area contributed by atoms with Crippen LogP contribution in [0, 0.1) is 0 Å². The molecule has 0 atom stereocenters. The van der Waals surface area contributed by atoms with Gasteiger partial charge in [-0.1, -0.05) is 12.1 Å². The largest absolute Gasteiger partial charge is 0.347 e. The number of carbonyl (C=O) groups excluding carboxylic acids is 3. The number of carbonyl (C=O) groups is 3. The number of amides is 3. The van der Waals surface area contributed by atoms with E-state index in [2.05, 4.69) is 20.9 Å². The molecule has 0 fully saturated rings. The number of rotatable bonds is 5. The van der Waals surface area contributed by atoms with E-state index >= 15 is 0 Å². The fourth-order valence-corrected chi connectivity index (χ4v) is 2.76. The Morgan fingerprint density at radius 3 is 2.36 bits per heavy atom. The summed E-state index contributed by atoms with van der Waals surface area (Å²) in [5.74, 6) is -0.874. The average Bonchev–Trinajstić information content (AvgIpc) is 3.01. The van der Waals surface area contributed by atoms with Gasteiger partial charge in [0.15, 0.2) is 5.69 Å². The van der Waals surface area contributed by atoms with E-state index in [1.807, 2.05) is 13.8 Å². The molecule has 0 spiro atoms. The molecule has 8 heteroatoms. The van der Waals surface area contributed by atoms with Crippen LogP contribution >= 0.6 is 0 Å². The quantitative estimate of drug-likeness (QED) is 0.634. The predicted octanol–water partition coefficient (Wildman–Crippen LogP) is 2.68. The zero-order chi connectivity index (χ0) is 20.3. The van der Waals surface area contributed by atoms with E-state index in [0.717, 1.165) is 0 Å². The van der Waals surface area contributed by atoms with Gasteiger partial charge in [0.1, 0.15) is 0 Å². The van der Waals surface area contributed by atoms with Crippen LogP contribution in [-0.2, 0) is 4.79 Å². The monoisotopic (exact) mass is 379 g/mol. The molecule has 3 aromatic rings. The molecule has 0 saturated carbocycles. The molecule has 0 unspecified atom stereocenters. The van der Waals surface area contributed by atoms with E-state index in [9.17, 15) is 14.4 Å². The first kappa shape index (κ1) is 19.1. The van der Waals surface area contributed by atoms with E-state index in [1.165, 1.54) is 6.92 Å². The van der Waals surface area contributed by atoms with Crippen LogP contribution in [0.25, 0.3) is 5.52 Å². The molecule has 0 bridgehead atoms. The SMILES string of the molecule is CC(=O)Nc1cccc(NC(=O)c2nc(C(=O)NC(C)C)n3ccccc23)c1. The van der Waals surface area contributed by atoms with Crippen LogP contribution in [0.5, 0.6) is 0 Å². The van der Waals surface area contributed by atoms with E-state index < -0.39 is 5.91 Å². The Morgan fingerprint density at radius 2 is 1.68 bits per heavy atom. The Labute approximate surface area is 162 Å². The van der Waals surface area contributed by atoms with Crippen molar-refractivity contribution in [2.75, 3.05) is 10.6 Å². The molecule has 3 N–H and O–H groups in total. The molecule has 0 saturated heterocycles. The molecule has 0 aliphatic carbocycles. The molecule has 2 aromatic heterocycles. The minimum atomic E-state index is -0.452. The van der Waals surface area contributed by atoms with Crippen molar-refractivity contribution in [3.8, 4) is 0 Å². The lowest BCUT2D eigenvalue weighted by atomic mass is 10.2. The van der Waals surface area contributed by atoms with Gasteiger partial charge < -0.3 is 16.0 Å². The molecule has 1 aromatic carbocycles. The summed E-state index contributed by atoms with van der Waals surface area (Å²) in [5.41, 5.74) is 1.73. The summed E-state index contributed by atoms with van der Waals surface area (Å²) in [6, 6.07) is 12.0. The van der Waals surface area contributed by atoms with Crippen LogP contribution < -0.4 is 16.0 Å². The summed E-state index contributed by atoms with van der Waals surface area (Å²) in [6.07, 6.45) is 1.69. The maximum Gasteiger partial charge on any atom is 0.287 e. The molecule has 0 radical (unpaired) electrons. The lowest BCUT2D eigenvalue weighted by Gasteiger charge is -2.07. The highest BCUT2D eigenvalue weighted by Crippen LogP contribution is 2.18. The number of imidazole rings is 1. The van der Waals surface area contributed by atoms with Crippen molar-refractivity contribution in [1.82, 2.24) is 14.7 Å². The fourth-order valence-electron chi connectivity index (χ4n) is 2.76. The van der Waals surface area contributed by atoms with Crippen LogP contribution in [0.2, 0.25) is 0 Å². The molecule has 28 heavy (non-hydrogen) atoms. The van der Waals surface area contributed by atoms with Gasteiger partial charge in [-0.2, -0.15) is 0 Å². The summed E-state index contributed by atoms with van der Waals surface area (Å²) >= 11 is 0. The lowest BCUT2D eigenvalue weighted by molar-refractivity contribution is -0.114. The fraction of sp³-hybridized carbons (Fsp3) is 0.200. The third kappa shape index (κ3) is 4.17. The number of anilines is 2. The van der Waals surface area contributed by atoms with Gasteiger partial charge in [-0.25, -0.2) is 4.98 Å². The Balaban J connectivity index is 1.92.